The van der Waals surface area contributed by atoms with Crippen molar-refractivity contribution in [3.8, 4) is 23.0 Å². The van der Waals surface area contributed by atoms with Crippen molar-refractivity contribution in [1.82, 2.24) is 9.97 Å². The number of aromatic nitrogens is 2. The summed E-state index contributed by atoms with van der Waals surface area (Å²) < 4.78 is 17.7. The molecule has 41 heavy (non-hydrogen) atoms. The average Bonchev–Trinajstić information content (AvgIpc) is 2.99. The zero-order chi connectivity index (χ0) is 28.6. The number of benzene rings is 3. The second-order valence-electron chi connectivity index (χ2n) is 9.38. The fourth-order valence-electron chi connectivity index (χ4n) is 4.48. The van der Waals surface area contributed by atoms with Gasteiger partial charge in [-0.25, -0.2) is 9.78 Å². The molecule has 2 heterocycles. The zero-order valence-electron chi connectivity index (χ0n) is 22.5. The monoisotopic (exact) mass is 554 g/mol. The smallest absolute Gasteiger partial charge is 0.335 e. The summed E-state index contributed by atoms with van der Waals surface area (Å²) in [5, 5.41) is 11.8. The quantitative estimate of drug-likeness (QED) is 0.255. The third-order valence-corrected chi connectivity index (χ3v) is 6.46. The molecular formula is C31H30N4O6. The fraction of sp³-hybridized carbons (Fsp3) is 0.226. The van der Waals surface area contributed by atoms with Gasteiger partial charge in [-0.15, -0.1) is 0 Å². The van der Waals surface area contributed by atoms with E-state index in [4.69, 9.17) is 19.3 Å². The molecule has 0 saturated carbocycles. The first-order valence-corrected chi connectivity index (χ1v) is 13.4. The molecule has 1 saturated heterocycles. The van der Waals surface area contributed by atoms with Crippen molar-refractivity contribution < 1.29 is 28.9 Å². The van der Waals surface area contributed by atoms with Crippen LogP contribution in [-0.4, -0.2) is 52.8 Å². The predicted molar refractivity (Wildman–Crippen MR) is 153 cm³/mol. The van der Waals surface area contributed by atoms with Crippen LogP contribution in [0.1, 0.15) is 40.5 Å². The van der Waals surface area contributed by atoms with Crippen LogP contribution in [-0.2, 0) is 0 Å². The van der Waals surface area contributed by atoms with Gasteiger partial charge in [-0.3, -0.25) is 9.78 Å². The number of carbonyl (C=O) groups is 2. The highest BCUT2D eigenvalue weighted by atomic mass is 16.5. The summed E-state index contributed by atoms with van der Waals surface area (Å²) in [6.45, 7) is 3.94. The molecule has 10 heteroatoms. The number of para-hydroxylation sites is 2. The number of ether oxygens (including phenoxy) is 3. The van der Waals surface area contributed by atoms with E-state index in [0.29, 0.717) is 41.8 Å². The SMILES string of the molecule is CCOc1ccccc1OC1CCCN(c2cncc(NC(=O)c3ccc(Oc4ccc(C(=O)O)cc4)cc3)n2)C1. The van der Waals surface area contributed by atoms with Crippen molar-refractivity contribution in [2.45, 2.75) is 25.9 Å². The van der Waals surface area contributed by atoms with Crippen LogP contribution >= 0.6 is 0 Å². The Balaban J connectivity index is 1.19. The molecule has 4 aromatic rings. The van der Waals surface area contributed by atoms with Crippen LogP contribution in [0.15, 0.2) is 85.2 Å². The Bertz CT molecular complexity index is 1490. The van der Waals surface area contributed by atoms with Crippen LogP contribution in [0.4, 0.5) is 11.6 Å². The maximum Gasteiger partial charge on any atom is 0.335 e. The molecule has 0 radical (unpaired) electrons. The molecule has 1 fully saturated rings. The molecule has 0 aliphatic carbocycles. The van der Waals surface area contributed by atoms with Gasteiger partial charge in [0.2, 0.25) is 0 Å². The minimum atomic E-state index is -1.00. The second-order valence-corrected chi connectivity index (χ2v) is 9.38. The van der Waals surface area contributed by atoms with E-state index in [1.807, 2.05) is 31.2 Å². The van der Waals surface area contributed by atoms with E-state index in [0.717, 1.165) is 30.9 Å². The number of carboxylic acid groups (broad SMARTS) is 1. The number of anilines is 2. The van der Waals surface area contributed by atoms with Crippen LogP contribution < -0.4 is 24.4 Å². The fourth-order valence-corrected chi connectivity index (χ4v) is 4.48. The first-order valence-electron chi connectivity index (χ1n) is 13.4. The topological polar surface area (TPSA) is 123 Å². The number of nitrogens with one attached hydrogen (secondary N) is 1. The number of aromatic carboxylic acids is 1. The Morgan fingerprint density at radius 3 is 2.32 bits per heavy atom. The molecule has 3 aromatic carbocycles. The number of amides is 1. The Labute approximate surface area is 237 Å². The maximum atomic E-state index is 12.9. The van der Waals surface area contributed by atoms with Crippen LogP contribution in [0.2, 0.25) is 0 Å². The van der Waals surface area contributed by atoms with Crippen molar-refractivity contribution in [1.29, 1.82) is 0 Å². The average molecular weight is 555 g/mol. The Morgan fingerprint density at radius 2 is 1.63 bits per heavy atom. The Kier molecular flexibility index (Phi) is 8.58. The third kappa shape index (κ3) is 7.10. The van der Waals surface area contributed by atoms with Gasteiger partial charge in [0.1, 0.15) is 23.4 Å². The minimum Gasteiger partial charge on any atom is -0.490 e. The van der Waals surface area contributed by atoms with Crippen molar-refractivity contribution in [3.63, 3.8) is 0 Å². The number of carbonyl (C=O) groups excluding carboxylic acids is 1. The van der Waals surface area contributed by atoms with Crippen LogP contribution in [0.25, 0.3) is 0 Å². The van der Waals surface area contributed by atoms with Crippen molar-refractivity contribution in [2.24, 2.45) is 0 Å². The van der Waals surface area contributed by atoms with Gasteiger partial charge in [0.25, 0.3) is 5.91 Å². The molecule has 5 rings (SSSR count). The summed E-state index contributed by atoms with van der Waals surface area (Å²) in [4.78, 5) is 34.9. The van der Waals surface area contributed by atoms with Crippen molar-refractivity contribution >= 4 is 23.5 Å². The summed E-state index contributed by atoms with van der Waals surface area (Å²) in [6.07, 6.45) is 4.99. The maximum absolute atomic E-state index is 12.9. The molecule has 0 bridgehead atoms. The molecule has 1 unspecified atom stereocenters. The summed E-state index contributed by atoms with van der Waals surface area (Å²) in [6, 6.07) is 20.4. The highest BCUT2D eigenvalue weighted by Gasteiger charge is 2.24. The molecule has 1 aromatic heterocycles. The van der Waals surface area contributed by atoms with E-state index in [1.165, 1.54) is 18.3 Å². The minimum absolute atomic E-state index is 0.0405. The van der Waals surface area contributed by atoms with Gasteiger partial charge < -0.3 is 29.5 Å². The van der Waals surface area contributed by atoms with Gasteiger partial charge in [0.15, 0.2) is 17.3 Å². The van der Waals surface area contributed by atoms with Crippen LogP contribution in [0.5, 0.6) is 23.0 Å². The lowest BCUT2D eigenvalue weighted by atomic mass is 10.1. The van der Waals surface area contributed by atoms with E-state index in [2.05, 4.69) is 20.2 Å². The molecular weight excluding hydrogens is 524 g/mol. The summed E-state index contributed by atoms with van der Waals surface area (Å²) in [5.41, 5.74) is 0.596. The van der Waals surface area contributed by atoms with E-state index in [-0.39, 0.29) is 17.6 Å². The lowest BCUT2D eigenvalue weighted by Gasteiger charge is -2.33. The summed E-state index contributed by atoms with van der Waals surface area (Å²) in [7, 11) is 0. The zero-order valence-corrected chi connectivity index (χ0v) is 22.5. The Hall–Kier alpha value is -5.12. The third-order valence-electron chi connectivity index (χ3n) is 6.46. The largest absolute Gasteiger partial charge is 0.490 e. The van der Waals surface area contributed by atoms with Gasteiger partial charge >= 0.3 is 5.97 Å². The van der Waals surface area contributed by atoms with Gasteiger partial charge in [-0.05, 0) is 80.4 Å². The molecule has 1 aliphatic rings. The second kappa shape index (κ2) is 12.8. The number of hydrogen-bond donors (Lipinski definition) is 2. The van der Waals surface area contributed by atoms with Gasteiger partial charge in [0, 0.05) is 12.1 Å². The van der Waals surface area contributed by atoms with Gasteiger partial charge in [0.05, 0.1) is 31.1 Å². The molecule has 1 atom stereocenters. The summed E-state index contributed by atoms with van der Waals surface area (Å²) >= 11 is 0. The van der Waals surface area contributed by atoms with Gasteiger partial charge in [-0.2, -0.15) is 0 Å². The first-order chi connectivity index (χ1) is 20.0. The molecule has 2 N–H and O–H groups in total. The highest BCUT2D eigenvalue weighted by Crippen LogP contribution is 2.30. The Morgan fingerprint density at radius 1 is 0.951 bits per heavy atom. The molecule has 210 valence electrons. The number of nitrogens with zero attached hydrogens (tertiary/aromatic N) is 3. The molecule has 1 amide bonds. The van der Waals surface area contributed by atoms with Crippen LogP contribution in [0.3, 0.4) is 0 Å². The lowest BCUT2D eigenvalue weighted by Crippen LogP contribution is -2.41. The number of rotatable bonds is 10. The number of hydrogen-bond acceptors (Lipinski definition) is 8. The van der Waals surface area contributed by atoms with Gasteiger partial charge in [-0.1, -0.05) is 12.1 Å². The standard InChI is InChI=1S/C31H30N4O6/c1-2-39-26-7-3-4-8-27(26)41-25-6-5-17-35(20-25)29-19-32-18-28(33-29)34-30(36)21-9-13-23(14-10-21)40-24-15-11-22(12-16-24)31(37)38/h3-4,7-16,18-19,25H,2,5-6,17,20H2,1H3,(H,37,38)(H,33,34,36). The highest BCUT2D eigenvalue weighted by molar-refractivity contribution is 6.03. The van der Waals surface area contributed by atoms with Crippen LogP contribution in [0, 0.1) is 0 Å². The van der Waals surface area contributed by atoms with E-state index >= 15 is 0 Å². The van der Waals surface area contributed by atoms with E-state index in [9.17, 15) is 9.59 Å². The predicted octanol–water partition coefficient (Wildman–Crippen LogP) is 5.67. The van der Waals surface area contributed by atoms with Crippen molar-refractivity contribution in [2.75, 3.05) is 29.9 Å². The normalized spacial score (nSPS) is 14.7. The van der Waals surface area contributed by atoms with E-state index in [1.54, 1.807) is 42.6 Å². The van der Waals surface area contributed by atoms with E-state index < -0.39 is 5.97 Å². The molecule has 0 spiro atoms. The molecule has 1 aliphatic heterocycles. The molecule has 10 nitrogen and oxygen atoms in total. The number of carboxylic acids is 1. The lowest BCUT2D eigenvalue weighted by molar-refractivity contribution is 0.0696. The van der Waals surface area contributed by atoms with Crippen molar-refractivity contribution in [3.05, 3.63) is 96.3 Å². The summed E-state index contributed by atoms with van der Waals surface area (Å²) in [5.74, 6) is 2.12. The first kappa shape index (κ1) is 27.4. The number of piperidine rings is 1.